The van der Waals surface area contributed by atoms with E-state index in [-0.39, 0.29) is 30.2 Å². The molecule has 1 amide bonds. The SMILES string of the molecule is COC(=O)c1ccc(COC(CN2CCN(C(=O)Cc3ccc(F)cc3)CC2)c2ccc(Cl)cc2)cc1. The van der Waals surface area contributed by atoms with E-state index in [2.05, 4.69) is 4.90 Å². The number of carbonyl (C=O) groups excluding carboxylic acids is 2. The van der Waals surface area contributed by atoms with Crippen LogP contribution in [0.2, 0.25) is 5.02 Å². The predicted molar refractivity (Wildman–Crippen MR) is 140 cm³/mol. The van der Waals surface area contributed by atoms with Crippen molar-refractivity contribution in [1.29, 1.82) is 0 Å². The molecule has 1 unspecified atom stereocenters. The van der Waals surface area contributed by atoms with Crippen LogP contribution in [0.1, 0.15) is 33.2 Å². The maximum absolute atomic E-state index is 13.1. The molecule has 0 N–H and O–H groups in total. The van der Waals surface area contributed by atoms with Crippen molar-refractivity contribution in [2.24, 2.45) is 0 Å². The first kappa shape index (κ1) is 26.8. The molecule has 1 aliphatic rings. The summed E-state index contributed by atoms with van der Waals surface area (Å²) in [4.78, 5) is 28.6. The smallest absolute Gasteiger partial charge is 0.337 e. The lowest BCUT2D eigenvalue weighted by molar-refractivity contribution is -0.132. The zero-order valence-corrected chi connectivity index (χ0v) is 21.5. The number of benzene rings is 3. The third kappa shape index (κ3) is 7.61. The Labute approximate surface area is 221 Å². The molecule has 0 radical (unpaired) electrons. The molecule has 1 fully saturated rings. The van der Waals surface area contributed by atoms with Gasteiger partial charge in [-0.1, -0.05) is 48.0 Å². The summed E-state index contributed by atoms with van der Waals surface area (Å²) in [7, 11) is 1.36. The number of ether oxygens (including phenoxy) is 2. The van der Waals surface area contributed by atoms with Gasteiger partial charge in [-0.2, -0.15) is 0 Å². The van der Waals surface area contributed by atoms with Crippen molar-refractivity contribution in [3.05, 3.63) is 106 Å². The Bertz CT molecular complexity index is 1180. The van der Waals surface area contributed by atoms with Gasteiger partial charge in [-0.3, -0.25) is 9.69 Å². The fourth-order valence-corrected chi connectivity index (χ4v) is 4.41. The Hall–Kier alpha value is -3.26. The van der Waals surface area contributed by atoms with E-state index in [0.717, 1.165) is 29.8 Å². The number of amides is 1. The number of piperazine rings is 1. The summed E-state index contributed by atoms with van der Waals surface area (Å²) in [6, 6.07) is 20.9. The average molecular weight is 525 g/mol. The number of carbonyl (C=O) groups is 2. The van der Waals surface area contributed by atoms with Crippen LogP contribution < -0.4 is 0 Å². The fourth-order valence-electron chi connectivity index (χ4n) is 4.29. The van der Waals surface area contributed by atoms with Crippen LogP contribution in [0.15, 0.2) is 72.8 Å². The number of rotatable bonds is 9. The Balaban J connectivity index is 1.34. The van der Waals surface area contributed by atoms with E-state index in [9.17, 15) is 14.0 Å². The molecule has 0 spiro atoms. The monoisotopic (exact) mass is 524 g/mol. The fraction of sp³-hybridized carbons (Fsp3) is 0.310. The van der Waals surface area contributed by atoms with Crippen LogP contribution in [0.5, 0.6) is 0 Å². The third-order valence-electron chi connectivity index (χ3n) is 6.49. The van der Waals surface area contributed by atoms with Gasteiger partial charge in [0.1, 0.15) is 5.82 Å². The van der Waals surface area contributed by atoms with Gasteiger partial charge in [0.15, 0.2) is 0 Å². The zero-order valence-electron chi connectivity index (χ0n) is 20.7. The highest BCUT2D eigenvalue weighted by Gasteiger charge is 2.24. The number of methoxy groups -OCH3 is 1. The molecule has 0 saturated carbocycles. The minimum atomic E-state index is -0.373. The van der Waals surface area contributed by atoms with Gasteiger partial charge in [0.2, 0.25) is 5.91 Å². The number of halogens is 2. The van der Waals surface area contributed by atoms with Gasteiger partial charge in [-0.05, 0) is 53.1 Å². The summed E-state index contributed by atoms with van der Waals surface area (Å²) >= 11 is 6.10. The van der Waals surface area contributed by atoms with Crippen LogP contribution in [0.4, 0.5) is 4.39 Å². The van der Waals surface area contributed by atoms with Crippen molar-refractivity contribution in [2.45, 2.75) is 19.1 Å². The molecular formula is C29H30ClFN2O4. The molecule has 3 aromatic carbocycles. The topological polar surface area (TPSA) is 59.1 Å². The van der Waals surface area contributed by atoms with Crippen LogP contribution >= 0.6 is 11.6 Å². The highest BCUT2D eigenvalue weighted by molar-refractivity contribution is 6.30. The number of nitrogens with zero attached hydrogens (tertiary/aromatic N) is 2. The molecule has 1 aliphatic heterocycles. The van der Waals surface area contributed by atoms with Crippen molar-refractivity contribution in [1.82, 2.24) is 9.80 Å². The van der Waals surface area contributed by atoms with Gasteiger partial charge in [0.25, 0.3) is 0 Å². The first-order chi connectivity index (χ1) is 17.9. The summed E-state index contributed by atoms with van der Waals surface area (Å²) in [5, 5.41) is 0.661. The van der Waals surface area contributed by atoms with Crippen molar-refractivity contribution in [3.63, 3.8) is 0 Å². The lowest BCUT2D eigenvalue weighted by Gasteiger charge is -2.36. The van der Waals surface area contributed by atoms with E-state index in [1.807, 2.05) is 41.3 Å². The van der Waals surface area contributed by atoms with Crippen molar-refractivity contribution in [2.75, 3.05) is 39.8 Å². The van der Waals surface area contributed by atoms with E-state index in [1.165, 1.54) is 19.2 Å². The Morgan fingerprint density at radius 1 is 0.892 bits per heavy atom. The standard InChI is InChI=1S/C29H30ClFN2O4/c1-36-29(35)24-6-2-22(3-7-24)20-37-27(23-8-10-25(30)11-9-23)19-32-14-16-33(17-15-32)28(34)18-21-4-12-26(31)13-5-21/h2-13,27H,14-20H2,1H3. The first-order valence-electron chi connectivity index (χ1n) is 12.2. The van der Waals surface area contributed by atoms with Crippen LogP contribution in [-0.4, -0.2) is 61.5 Å². The second kappa shape index (κ2) is 12.8. The molecule has 6 nitrogen and oxygen atoms in total. The molecule has 194 valence electrons. The molecule has 37 heavy (non-hydrogen) atoms. The third-order valence-corrected chi connectivity index (χ3v) is 6.74. The van der Waals surface area contributed by atoms with Crippen LogP contribution in [0.3, 0.4) is 0 Å². The second-order valence-electron chi connectivity index (χ2n) is 9.02. The van der Waals surface area contributed by atoms with Gasteiger partial charge in [-0.25, -0.2) is 9.18 Å². The minimum Gasteiger partial charge on any atom is -0.465 e. The van der Waals surface area contributed by atoms with Crippen LogP contribution in [0, 0.1) is 5.82 Å². The van der Waals surface area contributed by atoms with Crippen LogP contribution in [0.25, 0.3) is 0 Å². The molecule has 1 saturated heterocycles. The Morgan fingerprint density at radius 3 is 2.14 bits per heavy atom. The number of hydrogen-bond donors (Lipinski definition) is 0. The molecule has 3 aromatic rings. The molecule has 0 bridgehead atoms. The van der Waals surface area contributed by atoms with E-state index in [1.54, 1.807) is 24.3 Å². The summed E-state index contributed by atoms with van der Waals surface area (Å²) in [6.45, 7) is 3.77. The molecule has 1 atom stereocenters. The van der Waals surface area contributed by atoms with Gasteiger partial charge >= 0.3 is 5.97 Å². The molecular weight excluding hydrogens is 495 g/mol. The lowest BCUT2D eigenvalue weighted by atomic mass is 10.1. The maximum atomic E-state index is 13.1. The first-order valence-corrected chi connectivity index (χ1v) is 12.6. The molecule has 1 heterocycles. The molecule has 4 rings (SSSR count). The highest BCUT2D eigenvalue weighted by Crippen LogP contribution is 2.24. The zero-order chi connectivity index (χ0) is 26.2. The van der Waals surface area contributed by atoms with E-state index < -0.39 is 0 Å². The maximum Gasteiger partial charge on any atom is 0.337 e. The molecule has 0 aliphatic carbocycles. The summed E-state index contributed by atoms with van der Waals surface area (Å²) in [5.41, 5.74) is 3.27. The van der Waals surface area contributed by atoms with E-state index in [0.29, 0.717) is 36.8 Å². The largest absolute Gasteiger partial charge is 0.465 e. The second-order valence-corrected chi connectivity index (χ2v) is 9.46. The van der Waals surface area contributed by atoms with Crippen molar-refractivity contribution < 1.29 is 23.5 Å². The Kier molecular flexibility index (Phi) is 9.28. The van der Waals surface area contributed by atoms with Gasteiger partial charge in [0, 0.05) is 37.7 Å². The normalized spacial score (nSPS) is 14.8. The van der Waals surface area contributed by atoms with Crippen molar-refractivity contribution in [3.8, 4) is 0 Å². The number of esters is 1. The van der Waals surface area contributed by atoms with Gasteiger partial charge < -0.3 is 14.4 Å². The highest BCUT2D eigenvalue weighted by atomic mass is 35.5. The number of hydrogen-bond acceptors (Lipinski definition) is 5. The summed E-state index contributed by atoms with van der Waals surface area (Å²) < 4.78 is 24.2. The van der Waals surface area contributed by atoms with E-state index in [4.69, 9.17) is 21.1 Å². The molecule has 8 heteroatoms. The van der Waals surface area contributed by atoms with Crippen LogP contribution in [-0.2, 0) is 27.3 Å². The van der Waals surface area contributed by atoms with Crippen molar-refractivity contribution >= 4 is 23.5 Å². The Morgan fingerprint density at radius 2 is 1.51 bits per heavy atom. The van der Waals surface area contributed by atoms with E-state index >= 15 is 0 Å². The molecule has 0 aromatic heterocycles. The summed E-state index contributed by atoms with van der Waals surface area (Å²) in [5.74, 6) is -0.630. The lowest BCUT2D eigenvalue weighted by Crippen LogP contribution is -2.50. The predicted octanol–water partition coefficient (Wildman–Crippen LogP) is 4.91. The average Bonchev–Trinajstić information content (AvgIpc) is 2.93. The van der Waals surface area contributed by atoms with Gasteiger partial charge in [0.05, 0.1) is 31.8 Å². The quantitative estimate of drug-likeness (QED) is 0.372. The summed E-state index contributed by atoms with van der Waals surface area (Å²) in [6.07, 6.45) is 0.0740. The minimum absolute atomic E-state index is 0.0483. The van der Waals surface area contributed by atoms with Gasteiger partial charge in [-0.15, -0.1) is 0 Å².